The number of aryl methyl sites for hydroxylation is 1. The third kappa shape index (κ3) is 9.90. The highest BCUT2D eigenvalue weighted by molar-refractivity contribution is 5.89. The van der Waals surface area contributed by atoms with Crippen molar-refractivity contribution >= 4 is 11.9 Å². The van der Waals surface area contributed by atoms with Gasteiger partial charge in [0.1, 0.15) is 6.10 Å². The first kappa shape index (κ1) is 27.1. The molecule has 0 fully saturated rings. The molecule has 174 valence electrons. The highest BCUT2D eigenvalue weighted by Gasteiger charge is 2.18. The summed E-state index contributed by atoms with van der Waals surface area (Å²) >= 11 is 0. The number of rotatable bonds is 10. The average Bonchev–Trinajstić information content (AvgIpc) is 2.73. The molecule has 6 nitrogen and oxygen atoms in total. The summed E-state index contributed by atoms with van der Waals surface area (Å²) in [5.74, 6) is -2.51. The molecule has 0 aliphatic carbocycles. The molecule has 0 spiro atoms. The topological polar surface area (TPSA) is 87.1 Å². The monoisotopic (exact) mass is 441 g/mol. The second kappa shape index (κ2) is 14.2. The second-order valence-corrected chi connectivity index (χ2v) is 7.95. The molecule has 2 aromatic rings. The third-order valence-electron chi connectivity index (χ3n) is 4.90. The first-order chi connectivity index (χ1) is 15.1. The van der Waals surface area contributed by atoms with Gasteiger partial charge in [-0.05, 0) is 51.3 Å². The van der Waals surface area contributed by atoms with Crippen molar-refractivity contribution in [3.8, 4) is 0 Å². The van der Waals surface area contributed by atoms with Crippen LogP contribution >= 0.6 is 0 Å². The van der Waals surface area contributed by atoms with E-state index in [-0.39, 0.29) is 6.10 Å². The minimum atomic E-state index is -1.26. The van der Waals surface area contributed by atoms with Crippen molar-refractivity contribution in [1.82, 2.24) is 4.90 Å². The number of nitrogens with zero attached hydrogens (tertiary/aromatic N) is 1. The quantitative estimate of drug-likeness (QED) is 0.508. The van der Waals surface area contributed by atoms with Crippen LogP contribution in [0.3, 0.4) is 0 Å². The van der Waals surface area contributed by atoms with E-state index in [4.69, 9.17) is 14.9 Å². The van der Waals surface area contributed by atoms with E-state index in [1.54, 1.807) is 0 Å². The lowest BCUT2D eigenvalue weighted by molar-refractivity contribution is -0.134. The van der Waals surface area contributed by atoms with E-state index in [9.17, 15) is 9.59 Å². The Morgan fingerprint density at radius 2 is 1.38 bits per heavy atom. The van der Waals surface area contributed by atoms with Crippen LogP contribution in [0, 0.1) is 6.92 Å². The summed E-state index contributed by atoms with van der Waals surface area (Å²) in [6.45, 7) is 12.8. The molecule has 1 atom stereocenters. The molecule has 6 heteroatoms. The first-order valence-electron chi connectivity index (χ1n) is 10.7. The van der Waals surface area contributed by atoms with Gasteiger partial charge in [0.2, 0.25) is 0 Å². The summed E-state index contributed by atoms with van der Waals surface area (Å²) < 4.78 is 6.38. The summed E-state index contributed by atoms with van der Waals surface area (Å²) in [6, 6.07) is 20.1. The summed E-state index contributed by atoms with van der Waals surface area (Å²) in [5, 5.41) is 15.6. The van der Waals surface area contributed by atoms with Crippen LogP contribution in [0.5, 0.6) is 0 Å². The van der Waals surface area contributed by atoms with Crippen molar-refractivity contribution in [3.63, 3.8) is 0 Å². The fourth-order valence-corrected chi connectivity index (χ4v) is 3.41. The Labute approximate surface area is 191 Å². The van der Waals surface area contributed by atoms with E-state index in [0.717, 1.165) is 13.2 Å². The van der Waals surface area contributed by atoms with Gasteiger partial charge in [-0.1, -0.05) is 54.6 Å². The van der Waals surface area contributed by atoms with Crippen molar-refractivity contribution < 1.29 is 24.5 Å². The molecule has 0 bridgehead atoms. The summed E-state index contributed by atoms with van der Waals surface area (Å²) in [4.78, 5) is 21.6. The SMILES string of the molecule is Cc1ccccc1C(OCCN(C(C)C)C(C)C)c1ccccc1.O=C(O)C=CC(=O)O. The predicted octanol–water partition coefficient (Wildman–Crippen LogP) is 4.93. The zero-order chi connectivity index (χ0) is 24.1. The van der Waals surface area contributed by atoms with Crippen LogP contribution in [0.2, 0.25) is 0 Å². The van der Waals surface area contributed by atoms with Crippen molar-refractivity contribution in [2.45, 2.75) is 52.8 Å². The molecule has 2 rings (SSSR count). The van der Waals surface area contributed by atoms with Crippen molar-refractivity contribution in [3.05, 3.63) is 83.4 Å². The first-order valence-corrected chi connectivity index (χ1v) is 10.7. The fourth-order valence-electron chi connectivity index (χ4n) is 3.41. The van der Waals surface area contributed by atoms with Crippen LogP contribution in [-0.2, 0) is 14.3 Å². The Kier molecular flexibility index (Phi) is 12.0. The van der Waals surface area contributed by atoms with Gasteiger partial charge in [-0.15, -0.1) is 0 Å². The molecule has 0 amide bonds. The zero-order valence-electron chi connectivity index (χ0n) is 19.6. The largest absolute Gasteiger partial charge is 0.478 e. The van der Waals surface area contributed by atoms with E-state index in [0.29, 0.717) is 24.2 Å². The molecular weight excluding hydrogens is 406 g/mol. The molecule has 2 aromatic carbocycles. The molecule has 0 aliphatic rings. The number of carboxylic acid groups (broad SMARTS) is 2. The van der Waals surface area contributed by atoms with E-state index >= 15 is 0 Å². The maximum Gasteiger partial charge on any atom is 0.328 e. The van der Waals surface area contributed by atoms with Crippen molar-refractivity contribution in [1.29, 1.82) is 0 Å². The van der Waals surface area contributed by atoms with Crippen LogP contribution < -0.4 is 0 Å². The van der Waals surface area contributed by atoms with E-state index in [1.165, 1.54) is 16.7 Å². The summed E-state index contributed by atoms with van der Waals surface area (Å²) in [6.07, 6.45) is 1.11. The van der Waals surface area contributed by atoms with Gasteiger partial charge in [-0.3, -0.25) is 4.90 Å². The Morgan fingerprint density at radius 3 is 1.84 bits per heavy atom. The standard InChI is InChI=1S/C22H31NO.C4H4O4/c1-17(2)23(18(3)4)15-16-24-22(20-12-7-6-8-13-20)21-14-10-9-11-19(21)5;5-3(6)1-2-4(7)8/h6-14,17-18,22H,15-16H2,1-5H3;1-2H,(H,5,6)(H,7,8). The molecule has 0 aromatic heterocycles. The minimum Gasteiger partial charge on any atom is -0.478 e. The average molecular weight is 442 g/mol. The number of ether oxygens (including phenoxy) is 1. The van der Waals surface area contributed by atoms with E-state index in [1.807, 2.05) is 0 Å². The lowest BCUT2D eigenvalue weighted by atomic mass is 9.97. The molecule has 1 unspecified atom stereocenters. The van der Waals surface area contributed by atoms with Gasteiger partial charge in [0.25, 0.3) is 0 Å². The Balaban J connectivity index is 0.000000547. The number of hydrogen-bond acceptors (Lipinski definition) is 4. The van der Waals surface area contributed by atoms with Crippen LogP contribution in [0.4, 0.5) is 0 Å². The highest BCUT2D eigenvalue weighted by atomic mass is 16.5. The van der Waals surface area contributed by atoms with Crippen LogP contribution in [0.1, 0.15) is 50.5 Å². The number of hydrogen-bond donors (Lipinski definition) is 2. The van der Waals surface area contributed by atoms with Crippen molar-refractivity contribution in [2.75, 3.05) is 13.2 Å². The Morgan fingerprint density at radius 1 is 0.875 bits per heavy atom. The van der Waals surface area contributed by atoms with Gasteiger partial charge in [0.15, 0.2) is 0 Å². The summed E-state index contributed by atoms with van der Waals surface area (Å²) in [7, 11) is 0. The maximum atomic E-state index is 9.55. The number of carboxylic acids is 2. The molecule has 0 aliphatic heterocycles. The van der Waals surface area contributed by atoms with Crippen LogP contribution in [0.15, 0.2) is 66.7 Å². The maximum absolute atomic E-state index is 9.55. The van der Waals surface area contributed by atoms with E-state index < -0.39 is 11.9 Å². The molecule has 0 saturated carbocycles. The third-order valence-corrected chi connectivity index (χ3v) is 4.90. The zero-order valence-corrected chi connectivity index (χ0v) is 19.6. The normalized spacial score (nSPS) is 12.1. The number of carbonyl (C=O) groups is 2. The summed E-state index contributed by atoms with van der Waals surface area (Å²) in [5.41, 5.74) is 3.74. The lowest BCUT2D eigenvalue weighted by Crippen LogP contribution is -2.39. The smallest absolute Gasteiger partial charge is 0.328 e. The predicted molar refractivity (Wildman–Crippen MR) is 127 cm³/mol. The molecule has 0 radical (unpaired) electrons. The van der Waals surface area contributed by atoms with Gasteiger partial charge < -0.3 is 14.9 Å². The molecular formula is C26H35NO5. The van der Waals surface area contributed by atoms with Crippen LogP contribution in [0.25, 0.3) is 0 Å². The Bertz CT molecular complexity index is 838. The van der Waals surface area contributed by atoms with Crippen molar-refractivity contribution in [2.24, 2.45) is 0 Å². The van der Waals surface area contributed by atoms with E-state index in [2.05, 4.69) is 94.1 Å². The van der Waals surface area contributed by atoms with Gasteiger partial charge >= 0.3 is 11.9 Å². The van der Waals surface area contributed by atoms with Gasteiger partial charge in [-0.25, -0.2) is 9.59 Å². The highest BCUT2D eigenvalue weighted by Crippen LogP contribution is 2.28. The fraction of sp³-hybridized carbons (Fsp3) is 0.385. The number of benzene rings is 2. The molecule has 32 heavy (non-hydrogen) atoms. The lowest BCUT2D eigenvalue weighted by Gasteiger charge is -2.31. The van der Waals surface area contributed by atoms with Gasteiger partial charge in [-0.2, -0.15) is 0 Å². The van der Waals surface area contributed by atoms with Gasteiger partial charge in [0.05, 0.1) is 6.61 Å². The molecule has 0 heterocycles. The van der Waals surface area contributed by atoms with Gasteiger partial charge in [0, 0.05) is 30.8 Å². The molecule has 2 N–H and O–H groups in total. The molecule has 0 saturated heterocycles. The second-order valence-electron chi connectivity index (χ2n) is 7.95. The Hall–Kier alpha value is -2.96. The van der Waals surface area contributed by atoms with Crippen LogP contribution in [-0.4, -0.2) is 52.3 Å². The number of aliphatic carboxylic acids is 2. The minimum absolute atomic E-state index is 0.00595.